The third-order valence-corrected chi connectivity index (χ3v) is 7.32. The number of anilines is 2. The number of aliphatic hydroxyl groups excluding tert-OH is 2. The van der Waals surface area contributed by atoms with E-state index >= 15 is 0 Å². The molecular formula is C25H22ClF2N5O2. The predicted molar refractivity (Wildman–Crippen MR) is 130 cm³/mol. The van der Waals surface area contributed by atoms with Crippen LogP contribution in [0.25, 0.3) is 21.8 Å². The van der Waals surface area contributed by atoms with E-state index in [2.05, 4.69) is 15.9 Å². The topological polar surface area (TPSA) is 123 Å². The molecule has 35 heavy (non-hydrogen) atoms. The number of nitrogens with two attached hydrogens (primary N) is 2. The van der Waals surface area contributed by atoms with E-state index in [1.807, 2.05) is 0 Å². The normalized spacial score (nSPS) is 24.3. The molecule has 0 radical (unpaired) electrons. The lowest BCUT2D eigenvalue weighted by Gasteiger charge is -2.27. The number of hydrogen-bond acceptors (Lipinski definition) is 6. The van der Waals surface area contributed by atoms with Crippen molar-refractivity contribution in [1.82, 2.24) is 14.5 Å². The maximum absolute atomic E-state index is 14.7. The Morgan fingerprint density at radius 3 is 2.69 bits per heavy atom. The van der Waals surface area contributed by atoms with Gasteiger partial charge in [-0.1, -0.05) is 17.5 Å². The molecule has 7 nitrogen and oxygen atoms in total. The highest BCUT2D eigenvalue weighted by Gasteiger charge is 2.52. The Kier molecular flexibility index (Phi) is 5.55. The van der Waals surface area contributed by atoms with Crippen LogP contribution >= 0.6 is 11.6 Å². The quantitative estimate of drug-likeness (QED) is 0.319. The van der Waals surface area contributed by atoms with Gasteiger partial charge in [0, 0.05) is 17.0 Å². The van der Waals surface area contributed by atoms with Crippen molar-refractivity contribution in [2.75, 3.05) is 11.5 Å². The molecule has 0 bridgehead atoms. The smallest absolute Gasteiger partial charge is 0.165 e. The summed E-state index contributed by atoms with van der Waals surface area (Å²) in [6, 6.07) is 5.38. The van der Waals surface area contributed by atoms with Crippen molar-refractivity contribution in [1.29, 1.82) is 0 Å². The summed E-state index contributed by atoms with van der Waals surface area (Å²) >= 11 is 5.96. The Balaban J connectivity index is 1.46. The first-order chi connectivity index (χ1) is 16.6. The maximum atomic E-state index is 14.7. The molecule has 0 aliphatic heterocycles. The average molecular weight is 498 g/mol. The minimum absolute atomic E-state index is 0.0926. The Morgan fingerprint density at radius 1 is 1.17 bits per heavy atom. The van der Waals surface area contributed by atoms with E-state index in [1.54, 1.807) is 22.9 Å². The van der Waals surface area contributed by atoms with Gasteiger partial charge in [-0.25, -0.2) is 18.7 Å². The van der Waals surface area contributed by atoms with E-state index in [0.717, 1.165) is 6.20 Å². The van der Waals surface area contributed by atoms with Crippen molar-refractivity contribution in [3.63, 3.8) is 0 Å². The molecule has 4 atom stereocenters. The molecule has 1 aliphatic carbocycles. The van der Waals surface area contributed by atoms with Gasteiger partial charge in [0.25, 0.3) is 0 Å². The van der Waals surface area contributed by atoms with Crippen LogP contribution in [-0.2, 0) is 6.42 Å². The highest BCUT2D eigenvalue weighted by atomic mass is 35.5. The SMILES string of the molecule is C#C[C@]1(CCc2cc(F)c3cc(Cl)c(N)nc3c2)C[C@@H](n2ccc3c(N)ncc(F)c32)[C@H](O)[C@@H]1O. The first kappa shape index (κ1) is 23.3. The van der Waals surface area contributed by atoms with Gasteiger partial charge in [0.05, 0.1) is 39.8 Å². The number of aromatic nitrogens is 3. The fraction of sp³-hybridized carbons (Fsp3) is 0.280. The molecule has 5 rings (SSSR count). The van der Waals surface area contributed by atoms with E-state index in [1.165, 1.54) is 12.1 Å². The van der Waals surface area contributed by atoms with E-state index in [9.17, 15) is 19.0 Å². The molecule has 1 saturated carbocycles. The summed E-state index contributed by atoms with van der Waals surface area (Å²) in [6.07, 6.45) is 6.67. The number of nitrogens with zero attached hydrogens (tertiary/aromatic N) is 3. The van der Waals surface area contributed by atoms with Crippen molar-refractivity contribution in [3.8, 4) is 12.3 Å². The number of rotatable bonds is 4. The molecule has 0 amide bonds. The van der Waals surface area contributed by atoms with Gasteiger partial charge >= 0.3 is 0 Å². The standard InChI is InChI=1S/C25H22ClF2N5O2/c1-2-25(5-3-12-7-16(27)14-9-15(26)24(30)32-18(14)8-12)10-19(21(34)22(25)35)33-6-4-13-20(33)17(28)11-31-23(13)29/h1,4,6-9,11,19,21-22,34-35H,3,5,10H2,(H2,29,31)(H2,30,32)/t19-,21+,22+,25+/m1/s1. The van der Waals surface area contributed by atoms with Crippen LogP contribution in [0.2, 0.25) is 5.02 Å². The molecule has 6 N–H and O–H groups in total. The fourth-order valence-electron chi connectivity index (χ4n) is 5.11. The minimum Gasteiger partial charge on any atom is -0.389 e. The van der Waals surface area contributed by atoms with Crippen LogP contribution in [0.15, 0.2) is 36.7 Å². The molecule has 180 valence electrons. The van der Waals surface area contributed by atoms with Crippen LogP contribution in [0.1, 0.15) is 24.4 Å². The van der Waals surface area contributed by atoms with Gasteiger partial charge in [0.2, 0.25) is 0 Å². The van der Waals surface area contributed by atoms with E-state index in [0.29, 0.717) is 22.9 Å². The summed E-state index contributed by atoms with van der Waals surface area (Å²) in [4.78, 5) is 7.97. The molecule has 1 aliphatic rings. The molecule has 3 heterocycles. The first-order valence-electron chi connectivity index (χ1n) is 10.9. The number of pyridine rings is 2. The average Bonchev–Trinajstić information content (AvgIpc) is 3.38. The van der Waals surface area contributed by atoms with E-state index in [-0.39, 0.29) is 40.4 Å². The molecule has 0 unspecified atom stereocenters. The third-order valence-electron chi connectivity index (χ3n) is 7.02. The number of benzene rings is 1. The molecule has 0 spiro atoms. The Hall–Kier alpha value is -3.45. The zero-order valence-electron chi connectivity index (χ0n) is 18.4. The summed E-state index contributed by atoms with van der Waals surface area (Å²) in [5, 5.41) is 22.7. The Morgan fingerprint density at radius 2 is 1.94 bits per heavy atom. The predicted octanol–water partition coefficient (Wildman–Crippen LogP) is 3.60. The summed E-state index contributed by atoms with van der Waals surface area (Å²) in [5.41, 5.74) is 11.6. The number of hydrogen-bond donors (Lipinski definition) is 4. The highest BCUT2D eigenvalue weighted by Crippen LogP contribution is 2.48. The van der Waals surface area contributed by atoms with Crippen molar-refractivity contribution in [2.24, 2.45) is 5.41 Å². The number of halogens is 3. The zero-order chi connectivity index (χ0) is 25.1. The van der Waals surface area contributed by atoms with Crippen LogP contribution in [0.5, 0.6) is 0 Å². The molecule has 1 aromatic carbocycles. The minimum atomic E-state index is -1.28. The monoisotopic (exact) mass is 497 g/mol. The summed E-state index contributed by atoms with van der Waals surface area (Å²) in [7, 11) is 0. The maximum Gasteiger partial charge on any atom is 0.165 e. The van der Waals surface area contributed by atoms with Crippen molar-refractivity contribution in [2.45, 2.75) is 37.5 Å². The van der Waals surface area contributed by atoms with Crippen molar-refractivity contribution < 1.29 is 19.0 Å². The van der Waals surface area contributed by atoms with Gasteiger partial charge in [0.15, 0.2) is 5.82 Å². The number of aliphatic hydroxyl groups is 2. The fourth-order valence-corrected chi connectivity index (χ4v) is 5.26. The van der Waals surface area contributed by atoms with Gasteiger partial charge in [-0.15, -0.1) is 6.42 Å². The first-order valence-corrected chi connectivity index (χ1v) is 11.3. The third kappa shape index (κ3) is 3.65. The number of aryl methyl sites for hydroxylation is 1. The van der Waals surface area contributed by atoms with Gasteiger partial charge in [0.1, 0.15) is 23.6 Å². The zero-order valence-corrected chi connectivity index (χ0v) is 19.2. The van der Waals surface area contributed by atoms with Gasteiger partial charge in [-0.3, -0.25) is 0 Å². The number of nitrogen functional groups attached to an aromatic ring is 2. The van der Waals surface area contributed by atoms with E-state index < -0.39 is 35.3 Å². The molecular weight excluding hydrogens is 476 g/mol. The van der Waals surface area contributed by atoms with Crippen LogP contribution in [0, 0.1) is 29.4 Å². The highest BCUT2D eigenvalue weighted by molar-refractivity contribution is 6.33. The van der Waals surface area contributed by atoms with Crippen molar-refractivity contribution >= 4 is 45.0 Å². The molecule has 3 aromatic heterocycles. The Labute approximate surface area is 204 Å². The van der Waals surface area contributed by atoms with Gasteiger partial charge in [-0.2, -0.15) is 0 Å². The molecule has 0 saturated heterocycles. The van der Waals surface area contributed by atoms with Crippen LogP contribution < -0.4 is 11.5 Å². The number of terminal acetylenes is 1. The Bertz CT molecular complexity index is 1520. The molecule has 10 heteroatoms. The van der Waals surface area contributed by atoms with Crippen LogP contribution in [-0.4, -0.2) is 37.0 Å². The molecule has 4 aromatic rings. The molecule has 1 fully saturated rings. The lowest BCUT2D eigenvalue weighted by Crippen LogP contribution is -2.36. The van der Waals surface area contributed by atoms with Gasteiger partial charge in [-0.05, 0) is 49.1 Å². The second-order valence-corrected chi connectivity index (χ2v) is 9.39. The summed E-state index contributed by atoms with van der Waals surface area (Å²) in [6.45, 7) is 0. The van der Waals surface area contributed by atoms with Crippen molar-refractivity contribution in [3.05, 3.63) is 58.9 Å². The lowest BCUT2D eigenvalue weighted by atomic mass is 9.79. The summed E-state index contributed by atoms with van der Waals surface area (Å²) < 4.78 is 30.9. The lowest BCUT2D eigenvalue weighted by molar-refractivity contribution is -0.0115. The summed E-state index contributed by atoms with van der Waals surface area (Å²) in [5.74, 6) is 1.80. The second-order valence-electron chi connectivity index (χ2n) is 8.98. The van der Waals surface area contributed by atoms with Crippen LogP contribution in [0.3, 0.4) is 0 Å². The largest absolute Gasteiger partial charge is 0.389 e. The second kappa shape index (κ2) is 8.34. The number of fused-ring (bicyclic) bond motifs is 2. The van der Waals surface area contributed by atoms with Crippen LogP contribution in [0.4, 0.5) is 20.4 Å². The van der Waals surface area contributed by atoms with Gasteiger partial charge < -0.3 is 26.2 Å². The van der Waals surface area contributed by atoms with E-state index in [4.69, 9.17) is 29.5 Å².